The molecule has 1 aromatic carbocycles. The Morgan fingerprint density at radius 2 is 2.12 bits per heavy atom. The van der Waals surface area contributed by atoms with Crippen LogP contribution in [0.15, 0.2) is 29.6 Å². The molecule has 0 aliphatic carbocycles. The molecule has 0 amide bonds. The highest BCUT2D eigenvalue weighted by Gasteiger charge is 2.13. The number of benzene rings is 1. The lowest BCUT2D eigenvalue weighted by Gasteiger charge is -2.07. The lowest BCUT2D eigenvalue weighted by atomic mass is 9.95. The van der Waals surface area contributed by atoms with Crippen LogP contribution in [0.4, 0.5) is 0 Å². The van der Waals surface area contributed by atoms with Crippen molar-refractivity contribution in [3.63, 3.8) is 0 Å². The molecule has 16 heavy (non-hydrogen) atoms. The number of hydrogen-bond donors (Lipinski definition) is 0. The minimum absolute atomic E-state index is 0.142. The molecule has 0 bridgehead atoms. The maximum absolute atomic E-state index is 11.6. The summed E-state index contributed by atoms with van der Waals surface area (Å²) < 4.78 is 1.31. The quantitative estimate of drug-likeness (QED) is 0.777. The van der Waals surface area contributed by atoms with Crippen LogP contribution in [0.25, 0.3) is 10.1 Å². The first-order valence-electron chi connectivity index (χ1n) is 5.70. The molecule has 0 fully saturated rings. The molecule has 0 saturated carbocycles. The van der Waals surface area contributed by atoms with Crippen LogP contribution in [-0.2, 0) is 11.2 Å². The third-order valence-electron chi connectivity index (χ3n) is 2.99. The van der Waals surface area contributed by atoms with Crippen LogP contribution in [0.5, 0.6) is 0 Å². The van der Waals surface area contributed by atoms with Crippen molar-refractivity contribution in [2.45, 2.75) is 26.7 Å². The Hall–Kier alpha value is -1.15. The second kappa shape index (κ2) is 4.79. The second-order valence-electron chi connectivity index (χ2n) is 4.18. The van der Waals surface area contributed by atoms with E-state index in [1.807, 2.05) is 13.8 Å². The van der Waals surface area contributed by atoms with Gasteiger partial charge in [-0.05, 0) is 28.8 Å². The molecule has 2 heteroatoms. The topological polar surface area (TPSA) is 17.1 Å². The summed E-state index contributed by atoms with van der Waals surface area (Å²) in [5.41, 5.74) is 1.31. The Labute approximate surface area is 100 Å². The average Bonchev–Trinajstić information content (AvgIpc) is 2.72. The molecule has 2 rings (SSSR count). The van der Waals surface area contributed by atoms with Gasteiger partial charge >= 0.3 is 0 Å². The van der Waals surface area contributed by atoms with Crippen molar-refractivity contribution in [2.75, 3.05) is 0 Å². The number of fused-ring (bicyclic) bond motifs is 1. The first-order valence-corrected chi connectivity index (χ1v) is 6.58. The monoisotopic (exact) mass is 232 g/mol. The molecule has 0 aliphatic rings. The fraction of sp³-hybridized carbons (Fsp3) is 0.357. The van der Waals surface area contributed by atoms with Gasteiger partial charge in [0.1, 0.15) is 5.78 Å². The van der Waals surface area contributed by atoms with Gasteiger partial charge in [0.25, 0.3) is 0 Å². The second-order valence-corrected chi connectivity index (χ2v) is 5.09. The summed E-state index contributed by atoms with van der Waals surface area (Å²) in [6, 6.07) is 8.40. The molecule has 84 valence electrons. The van der Waals surface area contributed by atoms with Crippen LogP contribution < -0.4 is 0 Å². The molecule has 1 atom stereocenters. The molecular weight excluding hydrogens is 216 g/mol. The summed E-state index contributed by atoms with van der Waals surface area (Å²) >= 11 is 1.76. The van der Waals surface area contributed by atoms with E-state index in [1.54, 1.807) is 11.3 Å². The maximum Gasteiger partial charge on any atom is 0.135 e. The Morgan fingerprint density at radius 1 is 1.38 bits per heavy atom. The minimum atomic E-state index is 0.142. The highest BCUT2D eigenvalue weighted by Crippen LogP contribution is 2.27. The first kappa shape index (κ1) is 11.3. The van der Waals surface area contributed by atoms with Crippen LogP contribution in [0.2, 0.25) is 0 Å². The molecule has 1 nitrogen and oxygen atoms in total. The van der Waals surface area contributed by atoms with Crippen molar-refractivity contribution in [3.8, 4) is 0 Å². The third kappa shape index (κ3) is 2.17. The van der Waals surface area contributed by atoms with Crippen molar-refractivity contribution in [1.82, 2.24) is 0 Å². The van der Waals surface area contributed by atoms with Gasteiger partial charge in [0.2, 0.25) is 0 Å². The summed E-state index contributed by atoms with van der Waals surface area (Å²) in [4.78, 5) is 11.6. The van der Waals surface area contributed by atoms with E-state index in [-0.39, 0.29) is 5.92 Å². The fourth-order valence-corrected chi connectivity index (χ4v) is 2.96. The lowest BCUT2D eigenvalue weighted by molar-refractivity contribution is -0.122. The highest BCUT2D eigenvalue weighted by molar-refractivity contribution is 7.17. The number of hydrogen-bond acceptors (Lipinski definition) is 2. The Morgan fingerprint density at radius 3 is 2.88 bits per heavy atom. The standard InChI is InChI=1S/C14H16OS/c1-3-13(15)10(2)8-11-9-16-14-7-5-4-6-12(11)14/h4-7,9-10H,3,8H2,1-2H3. The molecule has 0 radical (unpaired) electrons. The Kier molecular flexibility index (Phi) is 3.39. The van der Waals surface area contributed by atoms with Crippen LogP contribution >= 0.6 is 11.3 Å². The molecule has 1 aromatic heterocycles. The summed E-state index contributed by atoms with van der Waals surface area (Å²) in [6.07, 6.45) is 1.51. The van der Waals surface area contributed by atoms with Gasteiger partial charge in [-0.1, -0.05) is 32.0 Å². The summed E-state index contributed by atoms with van der Waals surface area (Å²) in [5.74, 6) is 0.498. The number of carbonyl (C=O) groups excluding carboxylic acids is 1. The van der Waals surface area contributed by atoms with Gasteiger partial charge in [0.05, 0.1) is 0 Å². The van der Waals surface area contributed by atoms with Gasteiger partial charge in [0.15, 0.2) is 0 Å². The summed E-state index contributed by atoms with van der Waals surface area (Å²) in [6.45, 7) is 3.96. The zero-order valence-corrected chi connectivity index (χ0v) is 10.5. The van der Waals surface area contributed by atoms with Gasteiger partial charge in [-0.2, -0.15) is 0 Å². The van der Waals surface area contributed by atoms with Crippen LogP contribution in [0.3, 0.4) is 0 Å². The van der Waals surface area contributed by atoms with E-state index in [0.717, 1.165) is 6.42 Å². The third-order valence-corrected chi connectivity index (χ3v) is 4.00. The number of thiophene rings is 1. The molecule has 1 unspecified atom stereocenters. The Balaban J connectivity index is 2.24. The van der Waals surface area contributed by atoms with Crippen LogP contribution in [0.1, 0.15) is 25.8 Å². The molecule has 1 heterocycles. The largest absolute Gasteiger partial charge is 0.299 e. The van der Waals surface area contributed by atoms with Crippen LogP contribution in [-0.4, -0.2) is 5.78 Å². The van der Waals surface area contributed by atoms with Gasteiger partial charge in [-0.3, -0.25) is 4.79 Å². The lowest BCUT2D eigenvalue weighted by Crippen LogP contribution is -2.11. The normalized spacial score (nSPS) is 12.9. The van der Waals surface area contributed by atoms with Crippen molar-refractivity contribution in [1.29, 1.82) is 0 Å². The molecule has 0 aliphatic heterocycles. The van der Waals surface area contributed by atoms with Gasteiger partial charge in [-0.25, -0.2) is 0 Å². The average molecular weight is 232 g/mol. The van der Waals surface area contributed by atoms with Gasteiger partial charge < -0.3 is 0 Å². The SMILES string of the molecule is CCC(=O)C(C)Cc1csc2ccccc12. The predicted molar refractivity (Wildman–Crippen MR) is 70.0 cm³/mol. The van der Waals surface area contributed by atoms with E-state index >= 15 is 0 Å². The fourth-order valence-electron chi connectivity index (χ4n) is 1.98. The Bertz CT molecular complexity index is 498. The number of Topliss-reactive ketones (excluding diaryl/α,β-unsaturated/α-hetero) is 1. The molecular formula is C14H16OS. The molecule has 0 saturated heterocycles. The number of carbonyl (C=O) groups is 1. The van der Waals surface area contributed by atoms with E-state index in [0.29, 0.717) is 12.2 Å². The van der Waals surface area contributed by atoms with E-state index in [1.165, 1.54) is 15.6 Å². The maximum atomic E-state index is 11.6. The summed E-state index contributed by atoms with van der Waals surface area (Å²) in [7, 11) is 0. The van der Waals surface area contributed by atoms with Crippen molar-refractivity contribution < 1.29 is 4.79 Å². The molecule has 0 N–H and O–H groups in total. The van der Waals surface area contributed by atoms with E-state index in [9.17, 15) is 4.79 Å². The molecule has 2 aromatic rings. The smallest absolute Gasteiger partial charge is 0.135 e. The van der Waals surface area contributed by atoms with E-state index in [2.05, 4.69) is 29.6 Å². The number of rotatable bonds is 4. The zero-order chi connectivity index (χ0) is 11.5. The number of ketones is 1. The molecule has 0 spiro atoms. The van der Waals surface area contributed by atoms with Crippen molar-refractivity contribution in [3.05, 3.63) is 35.2 Å². The van der Waals surface area contributed by atoms with Gasteiger partial charge in [-0.15, -0.1) is 11.3 Å². The first-order chi connectivity index (χ1) is 7.72. The van der Waals surface area contributed by atoms with Gasteiger partial charge in [0, 0.05) is 17.0 Å². The van der Waals surface area contributed by atoms with E-state index in [4.69, 9.17) is 0 Å². The van der Waals surface area contributed by atoms with Crippen LogP contribution in [0, 0.1) is 5.92 Å². The predicted octanol–water partition coefficient (Wildman–Crippen LogP) is 4.06. The highest BCUT2D eigenvalue weighted by atomic mass is 32.1. The minimum Gasteiger partial charge on any atom is -0.299 e. The zero-order valence-electron chi connectivity index (χ0n) is 9.69. The summed E-state index contributed by atoms with van der Waals surface area (Å²) in [5, 5.41) is 3.49. The van der Waals surface area contributed by atoms with E-state index < -0.39 is 0 Å². The van der Waals surface area contributed by atoms with Crippen molar-refractivity contribution >= 4 is 27.2 Å². The van der Waals surface area contributed by atoms with Crippen molar-refractivity contribution in [2.24, 2.45) is 5.92 Å².